The van der Waals surface area contributed by atoms with Crippen molar-refractivity contribution in [1.82, 2.24) is 14.8 Å². The molecule has 2 bridgehead atoms. The number of benzene rings is 2. The van der Waals surface area contributed by atoms with E-state index in [2.05, 4.69) is 10.1 Å². The van der Waals surface area contributed by atoms with Crippen LogP contribution in [0.25, 0.3) is 0 Å². The topological polar surface area (TPSA) is 115 Å². The van der Waals surface area contributed by atoms with Crippen molar-refractivity contribution in [1.29, 1.82) is 0 Å². The zero-order valence-electron chi connectivity index (χ0n) is 21.6. The summed E-state index contributed by atoms with van der Waals surface area (Å²) in [6, 6.07) is 8.83. The maximum atomic E-state index is 16.3. The number of aromatic nitrogens is 3. The SMILES string of the molecule is CCS(=O)(=O)C[C@H](O)COc1ccc(C23CC(C(F)(F)[C@](O)(Cn4cncn4)c4ccc(F)cc4F)(C2)C3)cc1. The average Bonchev–Trinajstić information content (AvgIpc) is 3.34. The lowest BCUT2D eigenvalue weighted by Gasteiger charge is -2.74. The number of aliphatic hydroxyl groups excluding tert-OH is 1. The predicted octanol–water partition coefficient (Wildman–Crippen LogP) is 3.38. The predicted molar refractivity (Wildman–Crippen MR) is 135 cm³/mol. The molecule has 0 unspecified atom stereocenters. The van der Waals surface area contributed by atoms with Crippen molar-refractivity contribution in [3.8, 4) is 5.75 Å². The van der Waals surface area contributed by atoms with Crippen LogP contribution in [0.15, 0.2) is 55.1 Å². The summed E-state index contributed by atoms with van der Waals surface area (Å²) in [7, 11) is -3.36. The summed E-state index contributed by atoms with van der Waals surface area (Å²) >= 11 is 0. The van der Waals surface area contributed by atoms with Gasteiger partial charge >= 0.3 is 0 Å². The van der Waals surface area contributed by atoms with Gasteiger partial charge < -0.3 is 14.9 Å². The molecule has 216 valence electrons. The molecule has 2 aromatic carbocycles. The molecular weight excluding hydrogens is 554 g/mol. The Balaban J connectivity index is 1.31. The first kappa shape index (κ1) is 28.5. The lowest BCUT2D eigenvalue weighted by molar-refractivity contribution is -0.347. The zero-order chi connectivity index (χ0) is 29.0. The van der Waals surface area contributed by atoms with Gasteiger partial charge in [-0.25, -0.2) is 35.6 Å². The average molecular weight is 584 g/mol. The number of nitrogens with zero attached hydrogens (tertiary/aromatic N) is 3. The monoisotopic (exact) mass is 583 g/mol. The van der Waals surface area contributed by atoms with Gasteiger partial charge in [0.05, 0.1) is 12.3 Å². The van der Waals surface area contributed by atoms with Crippen LogP contribution >= 0.6 is 0 Å². The molecule has 13 heteroatoms. The minimum atomic E-state index is -3.80. The second-order valence-corrected chi connectivity index (χ2v) is 13.3. The largest absolute Gasteiger partial charge is 0.491 e. The van der Waals surface area contributed by atoms with Gasteiger partial charge in [0, 0.05) is 22.8 Å². The fourth-order valence-corrected chi connectivity index (χ4v) is 7.07. The van der Waals surface area contributed by atoms with Crippen molar-refractivity contribution in [3.05, 3.63) is 77.9 Å². The maximum Gasteiger partial charge on any atom is 0.287 e. The van der Waals surface area contributed by atoms with E-state index in [0.29, 0.717) is 11.8 Å². The smallest absolute Gasteiger partial charge is 0.287 e. The fraction of sp³-hybridized carbons (Fsp3) is 0.481. The van der Waals surface area contributed by atoms with Crippen molar-refractivity contribution in [2.24, 2.45) is 5.41 Å². The summed E-state index contributed by atoms with van der Waals surface area (Å²) in [4.78, 5) is 3.72. The van der Waals surface area contributed by atoms with E-state index in [-0.39, 0.29) is 31.6 Å². The Morgan fingerprint density at radius 2 is 1.80 bits per heavy atom. The van der Waals surface area contributed by atoms with Gasteiger partial charge in [-0.05, 0) is 54.5 Å². The third-order valence-corrected chi connectivity index (χ3v) is 10.0. The number of alkyl halides is 2. The first-order valence-electron chi connectivity index (χ1n) is 12.7. The van der Waals surface area contributed by atoms with Crippen LogP contribution in [0.5, 0.6) is 5.75 Å². The molecule has 1 aromatic heterocycles. The van der Waals surface area contributed by atoms with E-state index in [4.69, 9.17) is 4.74 Å². The summed E-state index contributed by atoms with van der Waals surface area (Å²) in [6.07, 6.45) is 1.19. The van der Waals surface area contributed by atoms with Crippen molar-refractivity contribution < 1.29 is 40.9 Å². The highest BCUT2D eigenvalue weighted by Gasteiger charge is 2.82. The molecule has 3 fully saturated rings. The Kier molecular flexibility index (Phi) is 6.99. The Bertz CT molecular complexity index is 1460. The highest BCUT2D eigenvalue weighted by atomic mass is 32.2. The van der Waals surface area contributed by atoms with Gasteiger partial charge in [0.15, 0.2) is 15.4 Å². The highest BCUT2D eigenvalue weighted by Crippen LogP contribution is 2.80. The third kappa shape index (κ3) is 4.67. The highest BCUT2D eigenvalue weighted by molar-refractivity contribution is 7.91. The Hall–Kier alpha value is -3.03. The van der Waals surface area contributed by atoms with Crippen LogP contribution in [-0.2, 0) is 27.4 Å². The van der Waals surface area contributed by atoms with E-state index >= 15 is 8.78 Å². The number of hydrogen-bond donors (Lipinski definition) is 2. The minimum Gasteiger partial charge on any atom is -0.491 e. The summed E-state index contributed by atoms with van der Waals surface area (Å²) < 4.78 is 90.7. The second kappa shape index (κ2) is 9.81. The van der Waals surface area contributed by atoms with E-state index in [1.54, 1.807) is 24.3 Å². The molecule has 3 aliphatic carbocycles. The quantitative estimate of drug-likeness (QED) is 0.314. The summed E-state index contributed by atoms with van der Waals surface area (Å²) in [5.74, 6) is -6.15. The van der Waals surface area contributed by atoms with Crippen LogP contribution in [-0.4, -0.2) is 63.5 Å². The van der Waals surface area contributed by atoms with E-state index in [0.717, 1.165) is 35.0 Å². The van der Waals surface area contributed by atoms with Crippen LogP contribution in [0.4, 0.5) is 17.6 Å². The van der Waals surface area contributed by atoms with Crippen LogP contribution in [0.1, 0.15) is 37.3 Å². The van der Waals surface area contributed by atoms with Crippen LogP contribution in [0.2, 0.25) is 0 Å². The summed E-state index contributed by atoms with van der Waals surface area (Å²) in [5.41, 5.74) is -5.10. The molecule has 3 saturated carbocycles. The lowest BCUT2D eigenvalue weighted by Crippen LogP contribution is -2.76. The molecule has 8 nitrogen and oxygen atoms in total. The number of halogens is 4. The summed E-state index contributed by atoms with van der Waals surface area (Å²) in [6.45, 7) is 0.489. The molecule has 2 atom stereocenters. The lowest BCUT2D eigenvalue weighted by atomic mass is 9.30. The minimum absolute atomic E-state index is 0.0449. The second-order valence-electron chi connectivity index (χ2n) is 10.9. The van der Waals surface area contributed by atoms with Crippen LogP contribution in [0, 0.1) is 17.0 Å². The number of aliphatic hydroxyl groups is 2. The van der Waals surface area contributed by atoms with E-state index in [1.807, 2.05) is 0 Å². The Labute approximate surface area is 228 Å². The number of sulfone groups is 1. The molecule has 0 saturated heterocycles. The molecule has 1 heterocycles. The number of hydrogen-bond acceptors (Lipinski definition) is 7. The standard InChI is InChI=1S/C27H29F4N3O5S/c1-2-40(37,38)11-20(35)10-39-21-6-3-18(4-7-21)24-12-25(13-24,14-24)27(30,31)26(36,15-34-17-32-16-33-34)22-8-5-19(28)9-23(22)29/h3-9,16-17,20,35-36H,2,10-15H2,1H3/t20-,24?,25?,26+/m1/s1. The normalized spacial score (nSPS) is 24.5. The van der Waals surface area contributed by atoms with Gasteiger partial charge in [-0.2, -0.15) is 5.10 Å². The number of ether oxygens (including phenoxy) is 1. The summed E-state index contributed by atoms with van der Waals surface area (Å²) in [5, 5.41) is 25.2. The Morgan fingerprint density at radius 1 is 1.12 bits per heavy atom. The van der Waals surface area contributed by atoms with Gasteiger partial charge in [-0.3, -0.25) is 0 Å². The zero-order valence-corrected chi connectivity index (χ0v) is 22.4. The molecule has 2 N–H and O–H groups in total. The molecule has 0 aliphatic heterocycles. The van der Waals surface area contributed by atoms with Crippen molar-refractivity contribution in [2.75, 3.05) is 18.1 Å². The Morgan fingerprint density at radius 3 is 2.38 bits per heavy atom. The first-order valence-corrected chi connectivity index (χ1v) is 14.6. The molecule has 0 spiro atoms. The van der Waals surface area contributed by atoms with Gasteiger partial charge in [0.25, 0.3) is 5.92 Å². The van der Waals surface area contributed by atoms with Gasteiger partial charge in [0.2, 0.25) is 0 Å². The van der Waals surface area contributed by atoms with Crippen molar-refractivity contribution in [2.45, 2.75) is 55.8 Å². The molecule has 3 aromatic rings. The van der Waals surface area contributed by atoms with E-state index in [9.17, 15) is 27.4 Å². The molecule has 0 amide bonds. The van der Waals surface area contributed by atoms with E-state index in [1.165, 1.54) is 6.92 Å². The van der Waals surface area contributed by atoms with Crippen LogP contribution in [0.3, 0.4) is 0 Å². The molecule has 3 aliphatic rings. The van der Waals surface area contributed by atoms with Gasteiger partial charge in [-0.1, -0.05) is 19.1 Å². The van der Waals surface area contributed by atoms with Gasteiger partial charge in [-0.15, -0.1) is 0 Å². The first-order chi connectivity index (χ1) is 18.7. The fourth-order valence-electron chi connectivity index (χ4n) is 6.15. The van der Waals surface area contributed by atoms with Crippen molar-refractivity contribution >= 4 is 9.84 Å². The molecule has 40 heavy (non-hydrogen) atoms. The van der Waals surface area contributed by atoms with Crippen molar-refractivity contribution in [3.63, 3.8) is 0 Å². The molecule has 0 radical (unpaired) electrons. The maximum absolute atomic E-state index is 16.3. The molecule has 6 rings (SSSR count). The third-order valence-electron chi connectivity index (χ3n) is 8.25. The van der Waals surface area contributed by atoms with Gasteiger partial charge in [0.1, 0.15) is 42.7 Å². The number of rotatable bonds is 12. The van der Waals surface area contributed by atoms with E-state index < -0.39 is 67.8 Å². The molecular formula is C27H29F4N3O5S. The van der Waals surface area contributed by atoms with Crippen LogP contribution < -0.4 is 4.74 Å².